The predicted octanol–water partition coefficient (Wildman–Crippen LogP) is 2.55. The van der Waals surface area contributed by atoms with E-state index in [1.807, 2.05) is 49.1 Å². The van der Waals surface area contributed by atoms with E-state index < -0.39 is 5.41 Å². The third-order valence-electron chi connectivity index (χ3n) is 4.65. The van der Waals surface area contributed by atoms with E-state index in [-0.39, 0.29) is 11.9 Å². The second-order valence-electron chi connectivity index (χ2n) is 6.36. The van der Waals surface area contributed by atoms with Gasteiger partial charge in [-0.1, -0.05) is 43.7 Å². The lowest BCUT2D eigenvalue weighted by Gasteiger charge is -2.40. The predicted molar refractivity (Wildman–Crippen MR) is 82.4 cm³/mol. The molecule has 1 aromatic rings. The zero-order valence-electron chi connectivity index (χ0n) is 12.8. The Hall–Kier alpha value is -1.35. The van der Waals surface area contributed by atoms with Gasteiger partial charge in [0.1, 0.15) is 0 Å². The van der Waals surface area contributed by atoms with Gasteiger partial charge in [-0.2, -0.15) is 0 Å². The van der Waals surface area contributed by atoms with Crippen molar-refractivity contribution in [1.82, 2.24) is 4.90 Å². The summed E-state index contributed by atoms with van der Waals surface area (Å²) >= 11 is 0. The standard InChI is InChI=1S/C17H26N2O/c1-4-13-10-11-19(12-15(13)18)16(20)17(2,3)14-8-6-5-7-9-14/h5-9,13,15H,4,10-12,18H2,1-3H3. The number of nitrogens with two attached hydrogens (primary N) is 1. The molecule has 1 aromatic carbocycles. The van der Waals surface area contributed by atoms with E-state index in [9.17, 15) is 4.79 Å². The molecule has 1 fully saturated rings. The van der Waals surface area contributed by atoms with Gasteiger partial charge in [0.15, 0.2) is 0 Å². The third kappa shape index (κ3) is 2.88. The number of hydrogen-bond acceptors (Lipinski definition) is 2. The molecular weight excluding hydrogens is 248 g/mol. The van der Waals surface area contributed by atoms with Gasteiger partial charge in [0.2, 0.25) is 5.91 Å². The maximum absolute atomic E-state index is 12.8. The van der Waals surface area contributed by atoms with Crippen LogP contribution in [0.5, 0.6) is 0 Å². The Morgan fingerprint density at radius 3 is 2.55 bits per heavy atom. The first-order valence-electron chi connectivity index (χ1n) is 7.57. The van der Waals surface area contributed by atoms with Crippen molar-refractivity contribution in [1.29, 1.82) is 0 Å². The van der Waals surface area contributed by atoms with E-state index in [2.05, 4.69) is 6.92 Å². The quantitative estimate of drug-likeness (QED) is 0.920. The fourth-order valence-electron chi connectivity index (χ4n) is 3.10. The Morgan fingerprint density at radius 2 is 2.00 bits per heavy atom. The molecule has 0 spiro atoms. The lowest BCUT2D eigenvalue weighted by Crippen LogP contribution is -2.54. The highest BCUT2D eigenvalue weighted by Gasteiger charge is 2.36. The number of rotatable bonds is 3. The van der Waals surface area contributed by atoms with Gasteiger partial charge in [-0.25, -0.2) is 0 Å². The highest BCUT2D eigenvalue weighted by Crippen LogP contribution is 2.28. The molecule has 1 aliphatic heterocycles. The first-order chi connectivity index (χ1) is 9.46. The Morgan fingerprint density at radius 1 is 1.35 bits per heavy atom. The number of piperidine rings is 1. The van der Waals surface area contributed by atoms with Crippen LogP contribution in [0.4, 0.5) is 0 Å². The summed E-state index contributed by atoms with van der Waals surface area (Å²) in [5.41, 5.74) is 6.79. The van der Waals surface area contributed by atoms with Gasteiger partial charge in [-0.05, 0) is 31.7 Å². The van der Waals surface area contributed by atoms with Gasteiger partial charge in [0, 0.05) is 19.1 Å². The Balaban J connectivity index is 2.12. The zero-order valence-corrected chi connectivity index (χ0v) is 12.8. The summed E-state index contributed by atoms with van der Waals surface area (Å²) in [5, 5.41) is 0. The van der Waals surface area contributed by atoms with Crippen LogP contribution in [0.1, 0.15) is 39.2 Å². The number of nitrogens with zero attached hydrogens (tertiary/aromatic N) is 1. The monoisotopic (exact) mass is 274 g/mol. The Labute approximate surface area is 122 Å². The van der Waals surface area contributed by atoms with Gasteiger partial charge >= 0.3 is 0 Å². The van der Waals surface area contributed by atoms with Gasteiger partial charge in [-0.3, -0.25) is 4.79 Å². The molecule has 0 aliphatic carbocycles. The molecule has 1 amide bonds. The van der Waals surface area contributed by atoms with Gasteiger partial charge in [-0.15, -0.1) is 0 Å². The van der Waals surface area contributed by atoms with Crippen LogP contribution in [0.3, 0.4) is 0 Å². The molecule has 3 nitrogen and oxygen atoms in total. The average molecular weight is 274 g/mol. The van der Waals surface area contributed by atoms with Gasteiger partial charge in [0.25, 0.3) is 0 Å². The molecule has 0 saturated carbocycles. The SMILES string of the molecule is CCC1CCN(C(=O)C(C)(C)c2ccccc2)CC1N. The van der Waals surface area contributed by atoms with Crippen molar-refractivity contribution in [3.05, 3.63) is 35.9 Å². The summed E-state index contributed by atoms with van der Waals surface area (Å²) in [5.74, 6) is 0.743. The largest absolute Gasteiger partial charge is 0.340 e. The van der Waals surface area contributed by atoms with Crippen LogP contribution < -0.4 is 5.73 Å². The van der Waals surface area contributed by atoms with Crippen LogP contribution in [0.25, 0.3) is 0 Å². The molecule has 2 N–H and O–H groups in total. The molecule has 110 valence electrons. The number of carbonyl (C=O) groups excluding carboxylic acids is 1. The lowest BCUT2D eigenvalue weighted by molar-refractivity contribution is -0.138. The summed E-state index contributed by atoms with van der Waals surface area (Å²) in [6.07, 6.45) is 2.12. The van der Waals surface area contributed by atoms with Crippen molar-refractivity contribution in [2.75, 3.05) is 13.1 Å². The number of hydrogen-bond donors (Lipinski definition) is 1. The first kappa shape index (κ1) is 15.0. The van der Waals surface area contributed by atoms with Crippen LogP contribution >= 0.6 is 0 Å². The number of benzene rings is 1. The molecule has 20 heavy (non-hydrogen) atoms. The van der Waals surface area contributed by atoms with E-state index in [1.165, 1.54) is 0 Å². The molecular formula is C17H26N2O. The van der Waals surface area contributed by atoms with E-state index in [4.69, 9.17) is 5.73 Å². The van der Waals surface area contributed by atoms with E-state index in [1.54, 1.807) is 0 Å². The van der Waals surface area contributed by atoms with E-state index in [0.29, 0.717) is 12.5 Å². The minimum absolute atomic E-state index is 0.115. The molecule has 0 bridgehead atoms. The van der Waals surface area contributed by atoms with Crippen molar-refractivity contribution >= 4 is 5.91 Å². The minimum atomic E-state index is -0.486. The maximum atomic E-state index is 12.8. The Bertz CT molecular complexity index is 455. The van der Waals surface area contributed by atoms with Crippen LogP contribution in [0.15, 0.2) is 30.3 Å². The molecule has 2 rings (SSSR count). The van der Waals surface area contributed by atoms with Crippen LogP contribution in [-0.4, -0.2) is 29.9 Å². The van der Waals surface area contributed by atoms with Crippen LogP contribution in [0, 0.1) is 5.92 Å². The second kappa shape index (κ2) is 5.96. The normalized spacial score (nSPS) is 23.7. The fourth-order valence-corrected chi connectivity index (χ4v) is 3.10. The van der Waals surface area contributed by atoms with Crippen molar-refractivity contribution in [3.63, 3.8) is 0 Å². The zero-order chi connectivity index (χ0) is 14.8. The molecule has 0 radical (unpaired) electrons. The van der Waals surface area contributed by atoms with E-state index >= 15 is 0 Å². The van der Waals surface area contributed by atoms with Crippen molar-refractivity contribution < 1.29 is 4.79 Å². The van der Waals surface area contributed by atoms with Crippen LogP contribution in [-0.2, 0) is 10.2 Å². The van der Waals surface area contributed by atoms with Gasteiger partial charge in [0.05, 0.1) is 5.41 Å². The Kier molecular flexibility index (Phi) is 4.48. The average Bonchev–Trinajstić information content (AvgIpc) is 2.47. The number of likely N-dealkylation sites (tertiary alicyclic amines) is 1. The third-order valence-corrected chi connectivity index (χ3v) is 4.65. The summed E-state index contributed by atoms with van der Waals surface area (Å²) < 4.78 is 0. The fraction of sp³-hybridized carbons (Fsp3) is 0.588. The first-order valence-corrected chi connectivity index (χ1v) is 7.57. The smallest absolute Gasteiger partial charge is 0.232 e. The van der Waals surface area contributed by atoms with Gasteiger partial charge < -0.3 is 10.6 Å². The van der Waals surface area contributed by atoms with Crippen LogP contribution in [0.2, 0.25) is 0 Å². The summed E-state index contributed by atoms with van der Waals surface area (Å²) in [6, 6.07) is 10.1. The maximum Gasteiger partial charge on any atom is 0.232 e. The highest BCUT2D eigenvalue weighted by atomic mass is 16.2. The van der Waals surface area contributed by atoms with E-state index in [0.717, 1.165) is 24.9 Å². The molecule has 2 unspecified atom stereocenters. The number of carbonyl (C=O) groups is 1. The molecule has 1 heterocycles. The minimum Gasteiger partial charge on any atom is -0.340 e. The highest BCUT2D eigenvalue weighted by molar-refractivity contribution is 5.87. The molecule has 1 aliphatic rings. The lowest BCUT2D eigenvalue weighted by atomic mass is 9.81. The number of amides is 1. The summed E-state index contributed by atoms with van der Waals surface area (Å²) in [4.78, 5) is 14.8. The summed E-state index contributed by atoms with van der Waals surface area (Å²) in [7, 11) is 0. The van der Waals surface area contributed by atoms with Crippen molar-refractivity contribution in [2.45, 2.75) is 45.1 Å². The summed E-state index contributed by atoms with van der Waals surface area (Å²) in [6.45, 7) is 7.70. The van der Waals surface area contributed by atoms with Crippen molar-refractivity contribution in [3.8, 4) is 0 Å². The topological polar surface area (TPSA) is 46.3 Å². The van der Waals surface area contributed by atoms with Crippen molar-refractivity contribution in [2.24, 2.45) is 11.7 Å². The molecule has 0 aromatic heterocycles. The second-order valence-corrected chi connectivity index (χ2v) is 6.36. The molecule has 1 saturated heterocycles. The molecule has 2 atom stereocenters. The molecule has 3 heteroatoms.